The average molecular weight is 284 g/mol. The highest BCUT2D eigenvalue weighted by Gasteiger charge is 2.29. The molecule has 0 aliphatic heterocycles. The summed E-state index contributed by atoms with van der Waals surface area (Å²) in [6, 6.07) is 6.81. The van der Waals surface area contributed by atoms with Gasteiger partial charge >= 0.3 is 0 Å². The lowest BCUT2D eigenvalue weighted by Gasteiger charge is -2.44. The topological polar surface area (TPSA) is 69.4 Å². The Labute approximate surface area is 119 Å². The van der Waals surface area contributed by atoms with E-state index < -0.39 is 11.6 Å². The Hall–Kier alpha value is -1.26. The number of hydrogen-bond donors (Lipinski definition) is 1. The predicted molar refractivity (Wildman–Crippen MR) is 74.9 cm³/mol. The monoisotopic (exact) mass is 283 g/mol. The van der Waals surface area contributed by atoms with Crippen LogP contribution in [0.15, 0.2) is 24.3 Å². The summed E-state index contributed by atoms with van der Waals surface area (Å²) in [7, 11) is 0. The minimum atomic E-state index is -1.19. The van der Waals surface area contributed by atoms with Crippen molar-refractivity contribution in [1.82, 2.24) is 4.90 Å². The van der Waals surface area contributed by atoms with Gasteiger partial charge in [0.25, 0.3) is 0 Å². The standard InChI is InChI=1S/C14H21ClN2O2/c1-14(2,3)17(13(18)19)12(8-9-16)10-4-6-11(15)7-5-10/h4-7,12H,8-9,16H2,1-3H3,(H,18,19)/p-1/t12-/m1/s1. The maximum Gasteiger partial charge on any atom is 0.137 e. The van der Waals surface area contributed by atoms with Gasteiger partial charge in [-0.05, 0) is 51.4 Å². The van der Waals surface area contributed by atoms with E-state index in [0.29, 0.717) is 18.0 Å². The molecule has 19 heavy (non-hydrogen) atoms. The Morgan fingerprint density at radius 3 is 2.26 bits per heavy atom. The van der Waals surface area contributed by atoms with Crippen molar-refractivity contribution in [1.29, 1.82) is 0 Å². The van der Waals surface area contributed by atoms with Crippen LogP contribution in [-0.4, -0.2) is 23.1 Å². The van der Waals surface area contributed by atoms with Gasteiger partial charge in [0.15, 0.2) is 0 Å². The molecule has 1 aromatic carbocycles. The first-order valence-corrected chi connectivity index (χ1v) is 6.61. The van der Waals surface area contributed by atoms with Gasteiger partial charge < -0.3 is 20.5 Å². The van der Waals surface area contributed by atoms with E-state index in [2.05, 4.69) is 0 Å². The molecule has 0 spiro atoms. The second kappa shape index (κ2) is 6.26. The van der Waals surface area contributed by atoms with Crippen LogP contribution in [-0.2, 0) is 0 Å². The van der Waals surface area contributed by atoms with Crippen molar-refractivity contribution in [3.05, 3.63) is 34.9 Å². The van der Waals surface area contributed by atoms with Crippen molar-refractivity contribution in [2.45, 2.75) is 38.8 Å². The molecule has 1 amide bonds. The number of nitrogens with zero attached hydrogens (tertiary/aromatic N) is 1. The van der Waals surface area contributed by atoms with E-state index in [0.717, 1.165) is 5.56 Å². The number of benzene rings is 1. The molecule has 0 aliphatic carbocycles. The lowest BCUT2D eigenvalue weighted by Crippen LogP contribution is -2.53. The summed E-state index contributed by atoms with van der Waals surface area (Å²) >= 11 is 5.86. The normalized spacial score (nSPS) is 13.1. The third-order valence-corrected chi connectivity index (χ3v) is 3.18. The van der Waals surface area contributed by atoms with Crippen LogP contribution in [0.2, 0.25) is 5.02 Å². The lowest BCUT2D eigenvalue weighted by molar-refractivity contribution is -0.274. The van der Waals surface area contributed by atoms with Crippen molar-refractivity contribution in [2.24, 2.45) is 5.73 Å². The van der Waals surface area contributed by atoms with Crippen LogP contribution in [0, 0.1) is 0 Å². The molecule has 1 atom stereocenters. The number of hydrogen-bond acceptors (Lipinski definition) is 3. The molecule has 0 unspecified atom stereocenters. The van der Waals surface area contributed by atoms with E-state index in [4.69, 9.17) is 17.3 Å². The lowest BCUT2D eigenvalue weighted by atomic mass is 9.96. The molecular weight excluding hydrogens is 264 g/mol. The summed E-state index contributed by atoms with van der Waals surface area (Å²) < 4.78 is 0. The zero-order chi connectivity index (χ0) is 14.6. The Bertz CT molecular complexity index is 426. The number of nitrogens with two attached hydrogens (primary N) is 1. The fourth-order valence-electron chi connectivity index (χ4n) is 2.16. The molecule has 1 rings (SSSR count). The number of amides is 1. The minimum absolute atomic E-state index is 0.327. The molecule has 0 heterocycles. The second-order valence-electron chi connectivity index (χ2n) is 5.45. The first kappa shape index (κ1) is 15.8. The molecule has 4 nitrogen and oxygen atoms in total. The van der Waals surface area contributed by atoms with Crippen LogP contribution in [0.5, 0.6) is 0 Å². The van der Waals surface area contributed by atoms with Gasteiger partial charge in [-0.1, -0.05) is 23.7 Å². The van der Waals surface area contributed by atoms with Crippen molar-refractivity contribution in [3.8, 4) is 0 Å². The van der Waals surface area contributed by atoms with E-state index in [-0.39, 0.29) is 6.04 Å². The SMILES string of the molecule is CC(C)(C)N(C(=O)[O-])[C@H](CCN)c1ccc(Cl)cc1. The van der Waals surface area contributed by atoms with E-state index in [1.54, 1.807) is 12.1 Å². The summed E-state index contributed by atoms with van der Waals surface area (Å²) in [6.07, 6.45) is -0.659. The van der Waals surface area contributed by atoms with Crippen LogP contribution in [0.25, 0.3) is 0 Å². The van der Waals surface area contributed by atoms with Gasteiger partial charge in [0.05, 0.1) is 6.04 Å². The van der Waals surface area contributed by atoms with E-state index >= 15 is 0 Å². The molecule has 0 radical (unpaired) electrons. The number of carboxylic acid groups (broad SMARTS) is 1. The molecule has 2 N–H and O–H groups in total. The molecule has 1 aromatic rings. The van der Waals surface area contributed by atoms with Crippen molar-refractivity contribution in [2.75, 3.05) is 6.54 Å². The highest BCUT2D eigenvalue weighted by atomic mass is 35.5. The van der Waals surface area contributed by atoms with Gasteiger partial charge in [0.2, 0.25) is 0 Å². The second-order valence-corrected chi connectivity index (χ2v) is 5.89. The van der Waals surface area contributed by atoms with Crippen molar-refractivity contribution >= 4 is 17.7 Å². The Morgan fingerprint density at radius 1 is 1.37 bits per heavy atom. The highest BCUT2D eigenvalue weighted by Crippen LogP contribution is 2.30. The molecule has 0 aromatic heterocycles. The predicted octanol–water partition coefficient (Wildman–Crippen LogP) is 2.17. The third-order valence-electron chi connectivity index (χ3n) is 2.93. The van der Waals surface area contributed by atoms with E-state index in [9.17, 15) is 9.90 Å². The Balaban J connectivity index is 3.17. The van der Waals surface area contributed by atoms with Gasteiger partial charge in [0, 0.05) is 10.6 Å². The number of halogens is 1. The molecule has 106 valence electrons. The molecule has 0 aliphatic rings. The summed E-state index contributed by atoms with van der Waals surface area (Å²) in [5.74, 6) is 0. The molecule has 0 saturated heterocycles. The maximum absolute atomic E-state index is 11.5. The summed E-state index contributed by atoms with van der Waals surface area (Å²) in [4.78, 5) is 12.8. The van der Waals surface area contributed by atoms with Gasteiger partial charge in [0.1, 0.15) is 6.09 Å². The fourth-order valence-corrected chi connectivity index (χ4v) is 2.28. The number of carbonyl (C=O) groups excluding carboxylic acids is 1. The average Bonchev–Trinajstić information content (AvgIpc) is 2.27. The zero-order valence-electron chi connectivity index (χ0n) is 11.5. The number of rotatable bonds is 4. The third kappa shape index (κ3) is 4.11. The Kier molecular flexibility index (Phi) is 5.20. The summed E-state index contributed by atoms with van der Waals surface area (Å²) in [6.45, 7) is 5.90. The van der Waals surface area contributed by atoms with Gasteiger partial charge in [-0.3, -0.25) is 0 Å². The fraction of sp³-hybridized carbons (Fsp3) is 0.500. The van der Waals surface area contributed by atoms with Crippen LogP contribution in [0.1, 0.15) is 38.8 Å². The van der Waals surface area contributed by atoms with Gasteiger partial charge in [-0.15, -0.1) is 0 Å². The molecule has 0 fully saturated rings. The summed E-state index contributed by atoms with van der Waals surface area (Å²) in [5, 5.41) is 12.1. The first-order chi connectivity index (χ1) is 8.77. The quantitative estimate of drug-likeness (QED) is 0.921. The maximum atomic E-state index is 11.5. The summed E-state index contributed by atoms with van der Waals surface area (Å²) in [5.41, 5.74) is 5.92. The van der Waals surface area contributed by atoms with Crippen molar-refractivity contribution in [3.63, 3.8) is 0 Å². The first-order valence-electron chi connectivity index (χ1n) is 6.23. The van der Waals surface area contributed by atoms with Gasteiger partial charge in [-0.2, -0.15) is 0 Å². The molecule has 0 bridgehead atoms. The smallest absolute Gasteiger partial charge is 0.137 e. The Morgan fingerprint density at radius 2 is 1.89 bits per heavy atom. The van der Waals surface area contributed by atoms with Crippen LogP contribution in [0.3, 0.4) is 0 Å². The largest absolute Gasteiger partial charge is 0.530 e. The number of carbonyl (C=O) groups is 1. The van der Waals surface area contributed by atoms with Crippen LogP contribution < -0.4 is 10.8 Å². The molecule has 0 saturated carbocycles. The zero-order valence-corrected chi connectivity index (χ0v) is 12.3. The van der Waals surface area contributed by atoms with E-state index in [1.807, 2.05) is 32.9 Å². The molecular formula is C14H20ClN2O2-. The van der Waals surface area contributed by atoms with Crippen molar-refractivity contribution < 1.29 is 9.90 Å². The molecule has 5 heteroatoms. The van der Waals surface area contributed by atoms with E-state index in [1.165, 1.54) is 4.90 Å². The van der Waals surface area contributed by atoms with Gasteiger partial charge in [-0.25, -0.2) is 0 Å². The highest BCUT2D eigenvalue weighted by molar-refractivity contribution is 6.30. The van der Waals surface area contributed by atoms with Crippen LogP contribution in [0.4, 0.5) is 4.79 Å². The van der Waals surface area contributed by atoms with Crippen LogP contribution >= 0.6 is 11.6 Å². The minimum Gasteiger partial charge on any atom is -0.530 e.